The van der Waals surface area contributed by atoms with Crippen LogP contribution in [0.15, 0.2) is 17.2 Å². The van der Waals surface area contributed by atoms with Gasteiger partial charge in [0.25, 0.3) is 5.69 Å². The van der Waals surface area contributed by atoms with Gasteiger partial charge in [0.2, 0.25) is 0 Å². The van der Waals surface area contributed by atoms with Gasteiger partial charge in [0.05, 0.1) is 11.0 Å². The Morgan fingerprint density at radius 1 is 1.69 bits per heavy atom. The van der Waals surface area contributed by atoms with Gasteiger partial charge < -0.3 is 0 Å². The van der Waals surface area contributed by atoms with Crippen molar-refractivity contribution in [2.24, 2.45) is 0 Å². The Kier molecular flexibility index (Phi) is 3.50. The largest absolute Gasteiger partial charge is 0.275 e. The first-order valence-electron chi connectivity index (χ1n) is 3.58. The summed E-state index contributed by atoms with van der Waals surface area (Å²) in [6.45, 7) is 1.94. The summed E-state index contributed by atoms with van der Waals surface area (Å²) in [5.74, 6) is 0.810. The zero-order valence-electron chi connectivity index (χ0n) is 6.86. The van der Waals surface area contributed by atoms with Gasteiger partial charge >= 0.3 is 0 Å². The van der Waals surface area contributed by atoms with Crippen LogP contribution in [0.25, 0.3) is 0 Å². The van der Waals surface area contributed by atoms with E-state index < -0.39 is 4.92 Å². The van der Waals surface area contributed by atoms with Gasteiger partial charge in [-0.3, -0.25) is 10.1 Å². The van der Waals surface area contributed by atoms with Crippen LogP contribution in [-0.2, 0) is 0 Å². The Morgan fingerprint density at radius 3 is 2.92 bits per heavy atom. The van der Waals surface area contributed by atoms with Crippen molar-refractivity contribution < 1.29 is 4.92 Å². The maximum Gasteiger partial charge on any atom is 0.275 e. The topological polar surface area (TPSA) is 56.0 Å². The normalized spacial score (nSPS) is 10.0. The predicted molar refractivity (Wildman–Crippen MR) is 52.3 cm³/mol. The van der Waals surface area contributed by atoms with Crippen LogP contribution >= 0.6 is 23.4 Å². The van der Waals surface area contributed by atoms with Gasteiger partial charge in [0.1, 0.15) is 10.2 Å². The molecule has 0 aromatic carbocycles. The molecule has 0 bridgehead atoms. The van der Waals surface area contributed by atoms with Crippen molar-refractivity contribution in [2.45, 2.75) is 11.9 Å². The summed E-state index contributed by atoms with van der Waals surface area (Å²) in [6, 6.07) is 2.65. The van der Waals surface area contributed by atoms with Crippen LogP contribution in [0, 0.1) is 10.1 Å². The summed E-state index contributed by atoms with van der Waals surface area (Å²) in [7, 11) is 0. The Morgan fingerprint density at radius 2 is 2.38 bits per heavy atom. The molecule has 1 aromatic heterocycles. The summed E-state index contributed by atoms with van der Waals surface area (Å²) in [6.07, 6.45) is 0. The van der Waals surface area contributed by atoms with Crippen LogP contribution in [0.5, 0.6) is 0 Å². The van der Waals surface area contributed by atoms with Crippen molar-refractivity contribution in [1.29, 1.82) is 0 Å². The number of aromatic nitrogens is 1. The monoisotopic (exact) mass is 218 g/mol. The Balaban J connectivity index is 3.03. The third kappa shape index (κ3) is 2.86. The number of halogens is 1. The Bertz CT molecular complexity index is 332. The van der Waals surface area contributed by atoms with E-state index in [9.17, 15) is 10.1 Å². The van der Waals surface area contributed by atoms with Crippen LogP contribution in [0.3, 0.4) is 0 Å². The molecular formula is C7H7ClN2O2S. The van der Waals surface area contributed by atoms with Crippen molar-refractivity contribution >= 4 is 29.1 Å². The van der Waals surface area contributed by atoms with E-state index in [0.717, 1.165) is 5.75 Å². The van der Waals surface area contributed by atoms with Crippen molar-refractivity contribution in [3.05, 3.63) is 27.4 Å². The molecule has 0 radical (unpaired) electrons. The van der Waals surface area contributed by atoms with E-state index in [2.05, 4.69) is 4.98 Å². The van der Waals surface area contributed by atoms with E-state index in [1.54, 1.807) is 0 Å². The Hall–Kier alpha value is -0.810. The van der Waals surface area contributed by atoms with E-state index in [1.807, 2.05) is 6.92 Å². The summed E-state index contributed by atoms with van der Waals surface area (Å²) < 4.78 is 0. The quantitative estimate of drug-likeness (QED) is 0.339. The van der Waals surface area contributed by atoms with Crippen LogP contribution in [0.4, 0.5) is 5.69 Å². The highest BCUT2D eigenvalue weighted by molar-refractivity contribution is 7.99. The molecule has 0 unspecified atom stereocenters. The molecule has 0 amide bonds. The maximum absolute atomic E-state index is 10.4. The lowest BCUT2D eigenvalue weighted by Crippen LogP contribution is -1.90. The zero-order chi connectivity index (χ0) is 9.84. The van der Waals surface area contributed by atoms with E-state index in [0.29, 0.717) is 5.03 Å². The lowest BCUT2D eigenvalue weighted by atomic mass is 10.4. The maximum atomic E-state index is 10.4. The molecule has 0 aliphatic rings. The lowest BCUT2D eigenvalue weighted by molar-refractivity contribution is -0.385. The number of nitrogens with zero attached hydrogens (tertiary/aromatic N) is 2. The first kappa shape index (κ1) is 10.3. The number of rotatable bonds is 3. The van der Waals surface area contributed by atoms with Crippen LogP contribution < -0.4 is 0 Å². The van der Waals surface area contributed by atoms with Crippen molar-refractivity contribution in [3.8, 4) is 0 Å². The molecule has 4 nitrogen and oxygen atoms in total. The summed E-state index contributed by atoms with van der Waals surface area (Å²) >= 11 is 7.02. The van der Waals surface area contributed by atoms with Gasteiger partial charge in [-0.2, -0.15) is 0 Å². The predicted octanol–water partition coefficient (Wildman–Crippen LogP) is 2.76. The fraction of sp³-hybridized carbons (Fsp3) is 0.286. The average molecular weight is 219 g/mol. The number of hydrogen-bond acceptors (Lipinski definition) is 4. The molecule has 0 spiro atoms. The molecule has 0 saturated heterocycles. The summed E-state index contributed by atoms with van der Waals surface area (Å²) in [4.78, 5) is 13.9. The number of thioether (sulfide) groups is 1. The van der Waals surface area contributed by atoms with Crippen molar-refractivity contribution in [3.63, 3.8) is 0 Å². The highest BCUT2D eigenvalue weighted by Crippen LogP contribution is 2.23. The summed E-state index contributed by atoms with van der Waals surface area (Å²) in [5, 5.41) is 11.2. The molecule has 1 aromatic rings. The molecule has 0 saturated carbocycles. The SMILES string of the molecule is CCSc1cc([N+](=O)[O-])cc(Cl)n1. The average Bonchev–Trinajstić information content (AvgIpc) is 2.03. The zero-order valence-corrected chi connectivity index (χ0v) is 8.43. The van der Waals surface area contributed by atoms with Gasteiger partial charge in [-0.15, -0.1) is 11.8 Å². The first-order chi connectivity index (χ1) is 6.13. The lowest BCUT2D eigenvalue weighted by Gasteiger charge is -1.98. The van der Waals surface area contributed by atoms with Crippen LogP contribution in [-0.4, -0.2) is 15.7 Å². The molecule has 0 aliphatic heterocycles. The highest BCUT2D eigenvalue weighted by atomic mass is 35.5. The van der Waals surface area contributed by atoms with E-state index in [4.69, 9.17) is 11.6 Å². The van der Waals surface area contributed by atoms with Crippen LogP contribution in [0.2, 0.25) is 5.15 Å². The number of hydrogen-bond donors (Lipinski definition) is 0. The minimum Gasteiger partial charge on any atom is -0.258 e. The molecular weight excluding hydrogens is 212 g/mol. The second kappa shape index (κ2) is 4.43. The number of nitro groups is 1. The fourth-order valence-electron chi connectivity index (χ4n) is 0.787. The molecule has 0 N–H and O–H groups in total. The second-order valence-corrected chi connectivity index (χ2v) is 3.85. The number of pyridine rings is 1. The standard InChI is InChI=1S/C7H7ClN2O2S/c1-2-13-7-4-5(10(11)12)3-6(8)9-7/h3-4H,2H2,1H3. The van der Waals surface area contributed by atoms with Gasteiger partial charge in [-0.1, -0.05) is 18.5 Å². The molecule has 70 valence electrons. The Labute approximate surface area is 84.5 Å². The van der Waals surface area contributed by atoms with Gasteiger partial charge in [0, 0.05) is 6.07 Å². The van der Waals surface area contributed by atoms with E-state index in [1.165, 1.54) is 23.9 Å². The fourth-order valence-corrected chi connectivity index (χ4v) is 1.70. The van der Waals surface area contributed by atoms with Crippen molar-refractivity contribution in [1.82, 2.24) is 4.98 Å². The minimum absolute atomic E-state index is 0.0176. The molecule has 13 heavy (non-hydrogen) atoms. The molecule has 6 heteroatoms. The van der Waals surface area contributed by atoms with Gasteiger partial charge in [-0.05, 0) is 5.75 Å². The molecule has 0 atom stereocenters. The summed E-state index contributed by atoms with van der Waals surface area (Å²) in [5.41, 5.74) is -0.0176. The third-order valence-electron chi connectivity index (χ3n) is 1.26. The van der Waals surface area contributed by atoms with Crippen molar-refractivity contribution in [2.75, 3.05) is 5.75 Å². The molecule has 0 aliphatic carbocycles. The third-order valence-corrected chi connectivity index (χ3v) is 2.25. The second-order valence-electron chi connectivity index (χ2n) is 2.18. The smallest absolute Gasteiger partial charge is 0.258 e. The molecule has 1 rings (SSSR count). The molecule has 0 fully saturated rings. The van der Waals surface area contributed by atoms with Gasteiger partial charge in [-0.25, -0.2) is 4.98 Å². The minimum atomic E-state index is -0.479. The van der Waals surface area contributed by atoms with E-state index >= 15 is 0 Å². The van der Waals surface area contributed by atoms with Gasteiger partial charge in [0.15, 0.2) is 0 Å². The van der Waals surface area contributed by atoms with Crippen LogP contribution in [0.1, 0.15) is 6.92 Å². The molecule has 1 heterocycles. The van der Waals surface area contributed by atoms with E-state index in [-0.39, 0.29) is 10.8 Å². The highest BCUT2D eigenvalue weighted by Gasteiger charge is 2.09. The first-order valence-corrected chi connectivity index (χ1v) is 4.94.